The third-order valence-electron chi connectivity index (χ3n) is 8.60. The van der Waals surface area contributed by atoms with E-state index in [9.17, 15) is 4.39 Å². The van der Waals surface area contributed by atoms with E-state index in [-0.39, 0.29) is 5.82 Å². The molecular weight excluding hydrogens is 662 g/mol. The van der Waals surface area contributed by atoms with Gasteiger partial charge in [0.25, 0.3) is 0 Å². The predicted molar refractivity (Wildman–Crippen MR) is 217 cm³/mol. The quantitative estimate of drug-likeness (QED) is 0.138. The molecule has 7 nitrogen and oxygen atoms in total. The number of aromatic nitrogens is 2. The van der Waals surface area contributed by atoms with Gasteiger partial charge < -0.3 is 21.3 Å². The molecule has 0 bridgehead atoms. The number of piperidine rings is 2. The molecule has 10 heteroatoms. The lowest BCUT2D eigenvalue weighted by Crippen LogP contribution is -2.27. The lowest BCUT2D eigenvalue weighted by Gasteiger charge is -2.23. The molecule has 0 atom stereocenters. The number of thiophene rings is 1. The Kier molecular flexibility index (Phi) is 15.1. The minimum atomic E-state index is -0.265. The number of fused-ring (bicyclic) bond motifs is 2. The number of hydrogen-bond donors (Lipinski definition) is 4. The summed E-state index contributed by atoms with van der Waals surface area (Å²) >= 11 is 6.37. The van der Waals surface area contributed by atoms with Gasteiger partial charge >= 0.3 is 0 Å². The highest BCUT2D eigenvalue weighted by Gasteiger charge is 2.21. The van der Waals surface area contributed by atoms with Crippen molar-refractivity contribution >= 4 is 45.6 Å². The maximum Gasteiger partial charge on any atom is 0.151 e. The zero-order valence-electron chi connectivity index (χ0n) is 30.7. The fourth-order valence-corrected chi connectivity index (χ4v) is 8.06. The largest absolute Gasteiger partial charge is 0.398 e. The van der Waals surface area contributed by atoms with Gasteiger partial charge in [0.2, 0.25) is 0 Å². The third-order valence-corrected chi connectivity index (χ3v) is 10.3. The van der Waals surface area contributed by atoms with Gasteiger partial charge in [-0.15, -0.1) is 24.0 Å². The van der Waals surface area contributed by atoms with Crippen LogP contribution in [0.2, 0.25) is 0 Å². The van der Waals surface area contributed by atoms with Crippen LogP contribution in [0.3, 0.4) is 0 Å². The van der Waals surface area contributed by atoms with Gasteiger partial charge in [-0.05, 0) is 119 Å². The highest BCUT2D eigenvalue weighted by Crippen LogP contribution is 2.36. The van der Waals surface area contributed by atoms with Crippen molar-refractivity contribution in [1.82, 2.24) is 25.3 Å². The number of allylic oxidation sites excluding steroid dienone is 6. The van der Waals surface area contributed by atoms with Gasteiger partial charge in [-0.1, -0.05) is 44.2 Å². The average molecular weight is 718 g/mol. The summed E-state index contributed by atoms with van der Waals surface area (Å²) in [6.45, 7) is 18.5. The molecule has 3 aliphatic heterocycles. The van der Waals surface area contributed by atoms with Gasteiger partial charge in [0.1, 0.15) is 11.2 Å². The van der Waals surface area contributed by atoms with Crippen molar-refractivity contribution in [2.45, 2.75) is 72.6 Å². The number of thiol groups is 1. The van der Waals surface area contributed by atoms with Gasteiger partial charge in [-0.2, -0.15) is 5.10 Å². The molecule has 2 aromatic heterocycles. The molecule has 1 aromatic carbocycles. The van der Waals surface area contributed by atoms with E-state index in [1.165, 1.54) is 51.8 Å². The lowest BCUT2D eigenvalue weighted by molar-refractivity contribution is 0.431. The van der Waals surface area contributed by atoms with Crippen LogP contribution in [0.15, 0.2) is 88.8 Å². The van der Waals surface area contributed by atoms with E-state index in [0.717, 1.165) is 61.0 Å². The monoisotopic (exact) mass is 717 g/mol. The first kappa shape index (κ1) is 39.3. The first-order chi connectivity index (χ1) is 23.9. The molecule has 2 saturated heterocycles. The van der Waals surface area contributed by atoms with Crippen LogP contribution >= 0.6 is 24.0 Å². The summed E-state index contributed by atoms with van der Waals surface area (Å²) in [4.78, 5) is 8.94. The van der Waals surface area contributed by atoms with Crippen molar-refractivity contribution in [1.29, 1.82) is 0 Å². The summed E-state index contributed by atoms with van der Waals surface area (Å²) in [5.74, 6) is 1.73. The minimum absolute atomic E-state index is 0.265. The molecule has 0 amide bonds. The van der Waals surface area contributed by atoms with E-state index in [0.29, 0.717) is 23.2 Å². The number of nitrogens with two attached hydrogens (primary N) is 1. The van der Waals surface area contributed by atoms with Crippen molar-refractivity contribution in [2.24, 2.45) is 22.6 Å². The van der Waals surface area contributed by atoms with Crippen LogP contribution in [0.1, 0.15) is 76.7 Å². The Bertz CT molecular complexity index is 1700. The molecular formula is C40H56FN7S2. The minimum Gasteiger partial charge on any atom is -0.398 e. The van der Waals surface area contributed by atoms with Crippen molar-refractivity contribution in [3.05, 3.63) is 100 Å². The molecule has 0 spiro atoms. The summed E-state index contributed by atoms with van der Waals surface area (Å²) in [5.41, 5.74) is 11.8. The predicted octanol–water partition coefficient (Wildman–Crippen LogP) is 9.18. The Balaban J connectivity index is 0.000000191. The molecule has 270 valence electrons. The zero-order chi connectivity index (χ0) is 36.2. The van der Waals surface area contributed by atoms with Gasteiger partial charge in [-0.25, -0.2) is 9.07 Å². The average Bonchev–Trinajstić information content (AvgIpc) is 3.78. The number of nitrogens with one attached hydrogen (secondary N) is 2. The van der Waals surface area contributed by atoms with Crippen LogP contribution in [0.25, 0.3) is 15.9 Å². The van der Waals surface area contributed by atoms with Gasteiger partial charge in [0.15, 0.2) is 5.82 Å². The van der Waals surface area contributed by atoms with E-state index in [1.807, 2.05) is 80.9 Å². The zero-order valence-corrected chi connectivity index (χ0v) is 32.4. The van der Waals surface area contributed by atoms with Crippen molar-refractivity contribution in [3.63, 3.8) is 0 Å². The topological polar surface area (TPSA) is 83.5 Å². The molecule has 0 saturated carbocycles. The van der Waals surface area contributed by atoms with Crippen molar-refractivity contribution in [2.75, 3.05) is 33.2 Å². The molecule has 2 fully saturated rings. The van der Waals surface area contributed by atoms with Gasteiger partial charge in [0, 0.05) is 54.4 Å². The highest BCUT2D eigenvalue weighted by molar-refractivity contribution is 7.84. The first-order valence-corrected chi connectivity index (χ1v) is 19.0. The Morgan fingerprint density at radius 2 is 1.78 bits per heavy atom. The maximum absolute atomic E-state index is 14.3. The number of aliphatic imine (C=N–C) groups is 1. The Morgan fingerprint density at radius 1 is 1.10 bits per heavy atom. The first-order valence-electron chi connectivity index (χ1n) is 17.7. The molecule has 50 heavy (non-hydrogen) atoms. The van der Waals surface area contributed by atoms with Crippen LogP contribution in [0.4, 0.5) is 10.1 Å². The molecule has 0 radical (unpaired) electrons. The molecule has 5 heterocycles. The van der Waals surface area contributed by atoms with E-state index >= 15 is 0 Å². The molecule has 0 unspecified atom stereocenters. The second-order valence-electron chi connectivity index (χ2n) is 13.9. The van der Waals surface area contributed by atoms with E-state index in [2.05, 4.69) is 60.8 Å². The Labute approximate surface area is 308 Å². The fraction of sp³-hybridized carbons (Fsp3) is 0.450. The normalized spacial score (nSPS) is 17.2. The second kappa shape index (κ2) is 19.2. The molecule has 3 aliphatic rings. The van der Waals surface area contributed by atoms with Crippen LogP contribution in [0.5, 0.6) is 0 Å². The fourth-order valence-electron chi connectivity index (χ4n) is 6.32. The SMILES string of the molecule is C=C/C=C\C(N)=C/N(C)C=C(C)C.CC(C)/C=C(\S)C1CCNCC1.CC1=Nc2c(F)cc(-n3cc4sc(C5CCNCC5)cc4n3)cc2C1. The lowest BCUT2D eigenvalue weighted by atomic mass is 9.96. The van der Waals surface area contributed by atoms with E-state index in [1.54, 1.807) is 10.8 Å². The highest BCUT2D eigenvalue weighted by atomic mass is 32.1. The summed E-state index contributed by atoms with van der Waals surface area (Å²) in [5, 5.41) is 11.5. The summed E-state index contributed by atoms with van der Waals surface area (Å²) < 4.78 is 17.3. The Hall–Kier alpha value is -3.44. The van der Waals surface area contributed by atoms with Crippen molar-refractivity contribution < 1.29 is 4.39 Å². The molecule has 0 aliphatic carbocycles. The van der Waals surface area contributed by atoms with Crippen LogP contribution in [0, 0.1) is 17.7 Å². The molecule has 4 N–H and O–H groups in total. The smallest absolute Gasteiger partial charge is 0.151 e. The number of halogens is 1. The van der Waals surface area contributed by atoms with E-state index < -0.39 is 0 Å². The number of rotatable bonds is 8. The summed E-state index contributed by atoms with van der Waals surface area (Å²) in [7, 11) is 1.95. The third kappa shape index (κ3) is 11.8. The van der Waals surface area contributed by atoms with Crippen molar-refractivity contribution in [3.8, 4) is 5.69 Å². The van der Waals surface area contributed by atoms with Crippen LogP contribution in [-0.4, -0.2) is 53.6 Å². The second-order valence-corrected chi connectivity index (χ2v) is 15.5. The molecule has 6 rings (SSSR count). The molecule has 3 aromatic rings. The summed E-state index contributed by atoms with van der Waals surface area (Å²) in [6, 6.07) is 5.75. The number of hydrogen-bond acceptors (Lipinski definition) is 8. The van der Waals surface area contributed by atoms with Crippen LogP contribution < -0.4 is 16.4 Å². The maximum atomic E-state index is 14.3. The summed E-state index contributed by atoms with van der Waals surface area (Å²) in [6.07, 6.45) is 19.1. The number of benzene rings is 1. The van der Waals surface area contributed by atoms with Gasteiger partial charge in [0.05, 0.1) is 10.4 Å². The number of nitrogens with zero attached hydrogens (tertiary/aromatic N) is 4. The standard InChI is InChI=1S/C19H19FN4S.C11H18N2.C10H19NS/c1-11-6-13-7-14(8-15(20)19(13)22-11)24-10-18-16(23-24)9-17(25-18)12-2-4-21-5-3-12;1-5-6-7-11(12)9-13(4)8-10(2)3;1-8(2)7-10(12)9-3-5-11-6-4-9/h7-10,12,21H,2-6H2,1H3;5-9H,1,12H2,2-4H3;7-9,11-12H,3-6H2,1-2H3/b;7-6-,11-9+;10-7-. The van der Waals surface area contributed by atoms with Crippen LogP contribution in [-0.2, 0) is 6.42 Å². The van der Waals surface area contributed by atoms with Gasteiger partial charge in [-0.3, -0.25) is 4.99 Å². The Morgan fingerprint density at radius 3 is 2.40 bits per heavy atom. The van der Waals surface area contributed by atoms with E-state index in [4.69, 9.17) is 10.8 Å².